The standard InChI is InChI=1S/C40H40N6O8/c1-19-10-27(48)33-28(51-19)15-29-35(36(33)49)34-26(47)6-8-40(38(50)52-37(34)39(2,3)53-29)30(54-40)5-4-20-11-24(45-31(41)12-20)22-13-23(44-32(42)14-22)17-46-16-21-7-9-43-25(21)18-46/h7,9-16,26,30,34,37,47,49H,4-6,8,17-18H2,1-3H3,(H2,41,45)(H2,42,44)/t26-,30-,34+,37-,40-/m1/s1. The molecule has 1 aromatic carbocycles. The van der Waals surface area contributed by atoms with Crippen molar-refractivity contribution >= 4 is 34.3 Å². The fraction of sp³-hybridized carbons (Fsp3) is 0.375. The molecule has 3 aromatic heterocycles. The van der Waals surface area contributed by atoms with Crippen molar-refractivity contribution < 1.29 is 33.6 Å². The second-order valence-electron chi connectivity index (χ2n) is 15.4. The van der Waals surface area contributed by atoms with Crippen LogP contribution < -0.4 is 21.6 Å². The van der Waals surface area contributed by atoms with Crippen LogP contribution in [0.3, 0.4) is 0 Å². The number of benzene rings is 1. The Balaban J connectivity index is 0.925. The number of ether oxygens (including phenoxy) is 3. The summed E-state index contributed by atoms with van der Waals surface area (Å²) >= 11 is 0. The average molecular weight is 733 g/mol. The molecule has 5 aliphatic rings. The lowest BCUT2D eigenvalue weighted by molar-refractivity contribution is -0.179. The number of phenols is 1. The first-order chi connectivity index (χ1) is 25.8. The summed E-state index contributed by atoms with van der Waals surface area (Å²) in [6.07, 6.45) is 4.74. The summed E-state index contributed by atoms with van der Waals surface area (Å²) in [4.78, 5) is 42.6. The molecule has 6 N–H and O–H groups in total. The van der Waals surface area contributed by atoms with Crippen LogP contribution in [0, 0.1) is 6.92 Å². The highest BCUT2D eigenvalue weighted by molar-refractivity contribution is 6.07. The molecular formula is C40H40N6O8. The minimum Gasteiger partial charge on any atom is -0.507 e. The second-order valence-corrected chi connectivity index (χ2v) is 15.4. The number of aliphatic imine (C=N–C) groups is 1. The fourth-order valence-corrected chi connectivity index (χ4v) is 8.54. The topological polar surface area (TPSA) is 212 Å². The molecule has 5 aliphatic heterocycles. The van der Waals surface area contributed by atoms with Crippen molar-refractivity contribution in [2.24, 2.45) is 4.99 Å². The molecule has 278 valence electrons. The highest BCUT2D eigenvalue weighted by atomic mass is 16.7. The molecule has 9 rings (SSSR count). The number of nitrogens with zero attached hydrogens (tertiary/aromatic N) is 4. The van der Waals surface area contributed by atoms with E-state index in [1.807, 2.05) is 18.2 Å². The van der Waals surface area contributed by atoms with Crippen molar-refractivity contribution in [3.8, 4) is 22.8 Å². The molecule has 8 heterocycles. The van der Waals surface area contributed by atoms with Gasteiger partial charge in [-0.1, -0.05) is 0 Å². The summed E-state index contributed by atoms with van der Waals surface area (Å²) in [5, 5.41) is 23.1. The molecule has 0 amide bonds. The van der Waals surface area contributed by atoms with Crippen LogP contribution in [0.1, 0.15) is 61.6 Å². The lowest BCUT2D eigenvalue weighted by Crippen LogP contribution is -2.56. The number of hydrogen-bond acceptors (Lipinski definition) is 14. The van der Waals surface area contributed by atoms with E-state index in [2.05, 4.69) is 26.1 Å². The van der Waals surface area contributed by atoms with Crippen LogP contribution in [0.4, 0.5) is 11.6 Å². The number of rotatable bonds is 6. The van der Waals surface area contributed by atoms with Crippen LogP contribution in [0.15, 0.2) is 74.7 Å². The molecule has 5 atom stereocenters. The number of aromatic nitrogens is 2. The molecule has 1 spiro atoms. The van der Waals surface area contributed by atoms with E-state index in [1.54, 1.807) is 45.2 Å². The summed E-state index contributed by atoms with van der Waals surface area (Å²) in [5.41, 5.74) is 15.4. The Hall–Kier alpha value is -5.73. The highest BCUT2D eigenvalue weighted by Crippen LogP contribution is 2.54. The number of hydrogen-bond donors (Lipinski definition) is 4. The largest absolute Gasteiger partial charge is 0.507 e. The molecule has 0 aliphatic carbocycles. The van der Waals surface area contributed by atoms with Crippen LogP contribution >= 0.6 is 0 Å². The van der Waals surface area contributed by atoms with Crippen molar-refractivity contribution in [1.82, 2.24) is 14.9 Å². The Labute approximate surface area is 309 Å². The third kappa shape index (κ3) is 5.67. The van der Waals surface area contributed by atoms with Gasteiger partial charge < -0.3 is 45.2 Å². The van der Waals surface area contributed by atoms with Gasteiger partial charge in [-0.2, -0.15) is 0 Å². The van der Waals surface area contributed by atoms with Crippen molar-refractivity contribution in [3.63, 3.8) is 0 Å². The highest BCUT2D eigenvalue weighted by Gasteiger charge is 2.66. The number of carbonyl (C=O) groups is 1. The van der Waals surface area contributed by atoms with E-state index in [1.165, 1.54) is 6.07 Å². The Morgan fingerprint density at radius 3 is 2.69 bits per heavy atom. The summed E-state index contributed by atoms with van der Waals surface area (Å²) in [5.74, 6) is -0.423. The summed E-state index contributed by atoms with van der Waals surface area (Å²) < 4.78 is 24.3. The number of phenolic OH excluding ortho intramolecular Hbond substituents is 1. The van der Waals surface area contributed by atoms with Crippen molar-refractivity contribution in [1.29, 1.82) is 0 Å². The lowest BCUT2D eigenvalue weighted by Gasteiger charge is -2.47. The Morgan fingerprint density at radius 1 is 1.06 bits per heavy atom. The number of aliphatic hydroxyl groups is 1. The molecule has 2 fully saturated rings. The SMILES string of the molecule is Cc1cc(=O)c2c(O)c3c(cc2o1)OC(C)(C)[C@@H]1OC(=O)[C@]2(CC[C@@H](O)[C@@H]31)O[C@@H]2CCc1cc(N)nc(-c2cc(N)nc(CN3C=C4C=CN=C4C3)c2)c1. The van der Waals surface area contributed by atoms with Gasteiger partial charge in [0.05, 0.1) is 48.3 Å². The van der Waals surface area contributed by atoms with Gasteiger partial charge in [0.1, 0.15) is 45.5 Å². The number of aryl methyl sites for hydroxylation is 2. The number of allylic oxidation sites excluding steroid dienone is 1. The zero-order valence-electron chi connectivity index (χ0n) is 30.0. The van der Waals surface area contributed by atoms with Gasteiger partial charge in [0, 0.05) is 41.2 Å². The number of nitrogen functional groups attached to an aromatic ring is 2. The lowest BCUT2D eigenvalue weighted by atomic mass is 9.74. The van der Waals surface area contributed by atoms with Crippen LogP contribution in [0.5, 0.6) is 11.5 Å². The monoisotopic (exact) mass is 732 g/mol. The second kappa shape index (κ2) is 12.1. The van der Waals surface area contributed by atoms with Gasteiger partial charge in [-0.25, -0.2) is 14.8 Å². The Kier molecular flexibility index (Phi) is 7.66. The Bertz CT molecular complexity index is 2420. The van der Waals surface area contributed by atoms with Crippen molar-refractivity contribution in [2.45, 2.75) is 88.4 Å². The van der Waals surface area contributed by atoms with E-state index in [0.29, 0.717) is 49.0 Å². The summed E-state index contributed by atoms with van der Waals surface area (Å²) in [7, 11) is 0. The number of esters is 1. The van der Waals surface area contributed by atoms with Crippen LogP contribution in [0.25, 0.3) is 22.2 Å². The van der Waals surface area contributed by atoms with E-state index in [9.17, 15) is 19.8 Å². The van der Waals surface area contributed by atoms with Crippen LogP contribution in [-0.4, -0.2) is 72.8 Å². The molecule has 0 saturated carbocycles. The first-order valence-electron chi connectivity index (χ1n) is 18.1. The minimum absolute atomic E-state index is 0.0210. The van der Waals surface area contributed by atoms with Gasteiger partial charge in [-0.15, -0.1) is 0 Å². The van der Waals surface area contributed by atoms with Gasteiger partial charge >= 0.3 is 5.97 Å². The first kappa shape index (κ1) is 34.1. The molecule has 0 bridgehead atoms. The number of anilines is 2. The molecular weight excluding hydrogens is 692 g/mol. The van der Waals surface area contributed by atoms with Crippen molar-refractivity contribution in [3.05, 3.63) is 93.3 Å². The van der Waals surface area contributed by atoms with Gasteiger partial charge in [0.15, 0.2) is 17.1 Å². The smallest absolute Gasteiger partial charge is 0.341 e. The van der Waals surface area contributed by atoms with Crippen molar-refractivity contribution in [2.75, 3.05) is 18.0 Å². The number of aliphatic hydroxyl groups excluding tert-OH is 1. The summed E-state index contributed by atoms with van der Waals surface area (Å²) in [6.45, 7) is 6.42. The van der Waals surface area contributed by atoms with E-state index in [-0.39, 0.29) is 40.9 Å². The number of epoxide rings is 1. The van der Waals surface area contributed by atoms with Crippen LogP contribution in [0.2, 0.25) is 0 Å². The molecule has 0 radical (unpaired) electrons. The first-order valence-corrected chi connectivity index (χ1v) is 18.1. The number of carbonyl (C=O) groups excluding carboxylic acids is 1. The van der Waals surface area contributed by atoms with E-state index in [0.717, 1.165) is 28.1 Å². The predicted octanol–water partition coefficient (Wildman–Crippen LogP) is 4.19. The number of aromatic hydroxyl groups is 1. The Morgan fingerprint density at radius 2 is 1.87 bits per heavy atom. The van der Waals surface area contributed by atoms with Gasteiger partial charge in [-0.3, -0.25) is 9.79 Å². The van der Waals surface area contributed by atoms with E-state index >= 15 is 0 Å². The molecule has 0 unspecified atom stereocenters. The zero-order valence-corrected chi connectivity index (χ0v) is 30.0. The maximum Gasteiger partial charge on any atom is 0.341 e. The number of pyridine rings is 2. The van der Waals surface area contributed by atoms with Gasteiger partial charge in [0.25, 0.3) is 0 Å². The zero-order chi connectivity index (χ0) is 37.7. The summed E-state index contributed by atoms with van der Waals surface area (Å²) in [6, 6.07) is 10.3. The number of fused-ring (bicyclic) bond motifs is 5. The predicted molar refractivity (Wildman–Crippen MR) is 199 cm³/mol. The molecule has 54 heavy (non-hydrogen) atoms. The van der Waals surface area contributed by atoms with E-state index < -0.39 is 46.8 Å². The maximum absolute atomic E-state index is 14.0. The van der Waals surface area contributed by atoms with Crippen LogP contribution in [-0.2, 0) is 27.2 Å². The molecule has 14 nitrogen and oxygen atoms in total. The molecule has 14 heteroatoms. The molecule has 2 saturated heterocycles. The van der Waals surface area contributed by atoms with E-state index in [4.69, 9.17) is 30.1 Å². The third-order valence-electron chi connectivity index (χ3n) is 11.1. The fourth-order valence-electron chi connectivity index (χ4n) is 8.54. The normalized spacial score (nSPS) is 26.3. The van der Waals surface area contributed by atoms with Gasteiger partial charge in [0.2, 0.25) is 0 Å². The number of nitrogens with two attached hydrogens (primary N) is 2. The third-order valence-corrected chi connectivity index (χ3v) is 11.1. The average Bonchev–Trinajstić information content (AvgIpc) is 3.43. The van der Waals surface area contributed by atoms with Gasteiger partial charge in [-0.05, 0) is 82.4 Å². The maximum atomic E-state index is 14.0. The molecule has 4 aromatic rings. The minimum atomic E-state index is -1.24. The quantitative estimate of drug-likeness (QED) is 0.162.